The Balaban J connectivity index is 2.11. The number of nitrogens with two attached hydrogens (primary N) is 1. The van der Waals surface area contributed by atoms with Crippen LogP contribution in [0.25, 0.3) is 0 Å². The van der Waals surface area contributed by atoms with Crippen LogP contribution >= 0.6 is 15.9 Å². The number of anilines is 2. The molecule has 3 N–H and O–H groups in total. The van der Waals surface area contributed by atoms with Crippen molar-refractivity contribution in [2.45, 2.75) is 6.54 Å². The molecule has 0 fully saturated rings. The highest BCUT2D eigenvalue weighted by Gasteiger charge is 2.05. The van der Waals surface area contributed by atoms with Gasteiger partial charge in [-0.1, -0.05) is 5.16 Å². The normalized spacial score (nSPS) is 10.2. The molecule has 0 amide bonds. The van der Waals surface area contributed by atoms with Crippen LogP contribution < -0.4 is 11.1 Å². The van der Waals surface area contributed by atoms with Crippen LogP contribution in [0.1, 0.15) is 5.76 Å². The van der Waals surface area contributed by atoms with Crippen molar-refractivity contribution in [2.24, 2.45) is 0 Å². The molecule has 6 heteroatoms. The second-order valence-corrected chi connectivity index (χ2v) is 3.77. The van der Waals surface area contributed by atoms with Crippen molar-refractivity contribution >= 4 is 27.3 Å². The van der Waals surface area contributed by atoms with Crippen molar-refractivity contribution in [3.8, 4) is 0 Å². The first kappa shape index (κ1) is 9.97. The van der Waals surface area contributed by atoms with E-state index in [2.05, 4.69) is 31.4 Å². The summed E-state index contributed by atoms with van der Waals surface area (Å²) in [5, 5.41) is 6.75. The maximum Gasteiger partial charge on any atom is 0.155 e. The van der Waals surface area contributed by atoms with Gasteiger partial charge in [0.25, 0.3) is 0 Å². The summed E-state index contributed by atoms with van der Waals surface area (Å²) in [6.07, 6.45) is 4.87. The highest BCUT2D eigenvalue weighted by atomic mass is 79.9. The Bertz CT molecular complexity index is 423. The van der Waals surface area contributed by atoms with E-state index in [1.807, 2.05) is 0 Å². The van der Waals surface area contributed by atoms with Gasteiger partial charge in [-0.25, -0.2) is 0 Å². The summed E-state index contributed by atoms with van der Waals surface area (Å²) in [5.41, 5.74) is 7.15. The quantitative estimate of drug-likeness (QED) is 0.891. The highest BCUT2D eigenvalue weighted by molar-refractivity contribution is 9.10. The van der Waals surface area contributed by atoms with Crippen molar-refractivity contribution in [3.63, 3.8) is 0 Å². The number of nitrogen functional groups attached to an aromatic ring is 1. The van der Waals surface area contributed by atoms with Crippen LogP contribution in [-0.4, -0.2) is 10.1 Å². The lowest BCUT2D eigenvalue weighted by Crippen LogP contribution is -2.03. The van der Waals surface area contributed by atoms with Crippen LogP contribution in [0.2, 0.25) is 0 Å². The number of halogens is 1. The molecular formula is C9H9BrN4O. The van der Waals surface area contributed by atoms with Gasteiger partial charge in [-0.15, -0.1) is 0 Å². The molecule has 0 saturated heterocycles. The Morgan fingerprint density at radius 3 is 3.00 bits per heavy atom. The minimum atomic E-state index is 0.535. The van der Waals surface area contributed by atoms with Gasteiger partial charge in [0, 0.05) is 12.3 Å². The van der Waals surface area contributed by atoms with E-state index in [9.17, 15) is 0 Å². The van der Waals surface area contributed by atoms with Crippen LogP contribution in [0.15, 0.2) is 33.7 Å². The zero-order valence-electron chi connectivity index (χ0n) is 7.77. The lowest BCUT2D eigenvalue weighted by molar-refractivity contribution is 0.388. The molecule has 0 aliphatic carbocycles. The molecule has 78 valence electrons. The molecule has 0 aliphatic rings. The summed E-state index contributed by atoms with van der Waals surface area (Å²) in [6.45, 7) is 0.535. The highest BCUT2D eigenvalue weighted by Crippen LogP contribution is 2.27. The van der Waals surface area contributed by atoms with Crippen molar-refractivity contribution in [1.29, 1.82) is 0 Å². The summed E-state index contributed by atoms with van der Waals surface area (Å²) in [5.74, 6) is 0.748. The van der Waals surface area contributed by atoms with Gasteiger partial charge in [-0.05, 0) is 15.9 Å². The first-order chi connectivity index (χ1) is 7.27. The Kier molecular flexibility index (Phi) is 2.86. The van der Waals surface area contributed by atoms with Crippen LogP contribution in [0, 0.1) is 0 Å². The number of nitrogens with one attached hydrogen (secondary N) is 1. The number of aromatic nitrogens is 2. The second kappa shape index (κ2) is 4.31. The van der Waals surface area contributed by atoms with E-state index in [0.29, 0.717) is 12.2 Å². The van der Waals surface area contributed by atoms with Gasteiger partial charge in [0.2, 0.25) is 0 Å². The molecule has 0 saturated carbocycles. The molecule has 0 atom stereocenters. The SMILES string of the molecule is Nc1cncc(Br)c1NCc1ccno1. The third-order valence-corrected chi connectivity index (χ3v) is 2.46. The molecule has 0 aromatic carbocycles. The van der Waals surface area contributed by atoms with Crippen LogP contribution in [0.5, 0.6) is 0 Å². The standard InChI is InChI=1S/C9H9BrN4O/c10-7-4-12-5-8(11)9(7)13-3-6-1-2-14-15-6/h1-2,4-5H,3,11H2,(H,12,13). The van der Waals surface area contributed by atoms with Crippen molar-refractivity contribution in [1.82, 2.24) is 10.1 Å². The van der Waals surface area contributed by atoms with Crippen LogP contribution in [-0.2, 0) is 6.54 Å². The van der Waals surface area contributed by atoms with E-state index >= 15 is 0 Å². The van der Waals surface area contributed by atoms with Gasteiger partial charge in [-0.2, -0.15) is 0 Å². The lowest BCUT2D eigenvalue weighted by Gasteiger charge is -2.08. The molecule has 5 nitrogen and oxygen atoms in total. The summed E-state index contributed by atoms with van der Waals surface area (Å²) >= 11 is 3.36. The fourth-order valence-corrected chi connectivity index (χ4v) is 1.63. The molecule has 0 bridgehead atoms. The van der Waals surface area contributed by atoms with Gasteiger partial charge >= 0.3 is 0 Å². The molecule has 15 heavy (non-hydrogen) atoms. The monoisotopic (exact) mass is 268 g/mol. The van der Waals surface area contributed by atoms with E-state index in [-0.39, 0.29) is 0 Å². The maximum absolute atomic E-state index is 5.76. The molecule has 2 aromatic heterocycles. The van der Waals surface area contributed by atoms with E-state index in [1.165, 1.54) is 0 Å². The van der Waals surface area contributed by atoms with Gasteiger partial charge in [0.1, 0.15) is 0 Å². The first-order valence-electron chi connectivity index (χ1n) is 4.30. The fraction of sp³-hybridized carbons (Fsp3) is 0.111. The first-order valence-corrected chi connectivity index (χ1v) is 5.09. The molecule has 0 unspecified atom stereocenters. The summed E-state index contributed by atoms with van der Waals surface area (Å²) in [4.78, 5) is 3.94. The molecular weight excluding hydrogens is 260 g/mol. The smallest absolute Gasteiger partial charge is 0.155 e. The van der Waals surface area contributed by atoms with E-state index in [4.69, 9.17) is 10.3 Å². The Hall–Kier alpha value is -1.56. The van der Waals surface area contributed by atoms with Gasteiger partial charge < -0.3 is 15.6 Å². The Labute approximate surface area is 94.8 Å². The average molecular weight is 269 g/mol. The molecule has 2 heterocycles. The minimum absolute atomic E-state index is 0.535. The van der Waals surface area contributed by atoms with Crippen molar-refractivity contribution in [3.05, 3.63) is 34.9 Å². The lowest BCUT2D eigenvalue weighted by atomic mass is 10.3. The van der Waals surface area contributed by atoms with Crippen LogP contribution in [0.3, 0.4) is 0 Å². The zero-order valence-corrected chi connectivity index (χ0v) is 9.36. The second-order valence-electron chi connectivity index (χ2n) is 2.92. The van der Waals surface area contributed by atoms with E-state index in [0.717, 1.165) is 15.9 Å². The van der Waals surface area contributed by atoms with Gasteiger partial charge in [0.05, 0.1) is 34.8 Å². The molecule has 0 aliphatic heterocycles. The van der Waals surface area contributed by atoms with Crippen molar-refractivity contribution in [2.75, 3.05) is 11.1 Å². The third kappa shape index (κ3) is 2.27. The Morgan fingerprint density at radius 2 is 2.33 bits per heavy atom. The predicted molar refractivity (Wildman–Crippen MR) is 60.2 cm³/mol. The summed E-state index contributed by atoms with van der Waals surface area (Å²) < 4.78 is 5.77. The summed E-state index contributed by atoms with van der Waals surface area (Å²) in [7, 11) is 0. The molecule has 0 radical (unpaired) electrons. The topological polar surface area (TPSA) is 77.0 Å². The number of nitrogens with zero attached hydrogens (tertiary/aromatic N) is 2. The fourth-order valence-electron chi connectivity index (χ4n) is 1.15. The summed E-state index contributed by atoms with van der Waals surface area (Å²) in [6, 6.07) is 1.79. The number of pyridine rings is 1. The van der Waals surface area contributed by atoms with Crippen molar-refractivity contribution < 1.29 is 4.52 Å². The number of hydrogen-bond donors (Lipinski definition) is 2. The van der Waals surface area contributed by atoms with E-state index < -0.39 is 0 Å². The van der Waals surface area contributed by atoms with E-state index in [1.54, 1.807) is 24.7 Å². The zero-order chi connectivity index (χ0) is 10.7. The van der Waals surface area contributed by atoms with Gasteiger partial charge in [0.15, 0.2) is 5.76 Å². The number of rotatable bonds is 3. The number of hydrogen-bond acceptors (Lipinski definition) is 5. The molecule has 0 spiro atoms. The minimum Gasteiger partial charge on any atom is -0.396 e. The third-order valence-electron chi connectivity index (χ3n) is 1.86. The van der Waals surface area contributed by atoms with Gasteiger partial charge in [-0.3, -0.25) is 4.98 Å². The average Bonchev–Trinajstić information content (AvgIpc) is 2.70. The van der Waals surface area contributed by atoms with Crippen LogP contribution in [0.4, 0.5) is 11.4 Å². The predicted octanol–water partition coefficient (Wildman–Crippen LogP) is 2.03. The maximum atomic E-state index is 5.76. The largest absolute Gasteiger partial charge is 0.396 e. The Morgan fingerprint density at radius 1 is 1.47 bits per heavy atom. The molecule has 2 aromatic rings. The molecule has 2 rings (SSSR count).